The van der Waals surface area contributed by atoms with Gasteiger partial charge in [0.05, 0.1) is 5.02 Å². The van der Waals surface area contributed by atoms with Gasteiger partial charge in [-0.1, -0.05) is 35.9 Å². The summed E-state index contributed by atoms with van der Waals surface area (Å²) in [5.41, 5.74) is 9.54. The smallest absolute Gasteiger partial charge is 0.223 e. The molecule has 3 aromatic rings. The molecule has 3 fully saturated rings. The van der Waals surface area contributed by atoms with Gasteiger partial charge in [0.15, 0.2) is 0 Å². The van der Waals surface area contributed by atoms with Crippen LogP contribution in [0.3, 0.4) is 0 Å². The highest BCUT2D eigenvalue weighted by atomic mass is 35.5. The molecule has 3 aliphatic carbocycles. The molecule has 1 aromatic carbocycles. The van der Waals surface area contributed by atoms with Crippen molar-refractivity contribution in [3.05, 3.63) is 70.6 Å². The Kier molecular flexibility index (Phi) is 6.51. The molecule has 0 atom stereocenters. The molecule has 0 aliphatic heterocycles. The van der Waals surface area contributed by atoms with Gasteiger partial charge in [-0.05, 0) is 87.2 Å². The van der Waals surface area contributed by atoms with Gasteiger partial charge in [0, 0.05) is 39.6 Å². The molecule has 34 heavy (non-hydrogen) atoms. The van der Waals surface area contributed by atoms with Crippen LogP contribution in [0.25, 0.3) is 12.2 Å². The molecule has 4 N–H and O–H groups in total. The summed E-state index contributed by atoms with van der Waals surface area (Å²) in [7, 11) is 0. The van der Waals surface area contributed by atoms with Crippen molar-refractivity contribution in [1.29, 1.82) is 0 Å². The van der Waals surface area contributed by atoms with Crippen molar-refractivity contribution in [2.24, 2.45) is 5.73 Å². The number of nitrogens with zero attached hydrogens (tertiary/aromatic N) is 3. The molecular formula is C26H29ClN6S. The number of nitrogens with two attached hydrogens (primary N) is 1. The molecule has 6 rings (SSSR count). The third-order valence-corrected chi connectivity index (χ3v) is 8.37. The first-order valence-corrected chi connectivity index (χ1v) is 12.8. The second-order valence-corrected chi connectivity index (χ2v) is 10.7. The maximum atomic E-state index is 6.43. The van der Waals surface area contributed by atoms with E-state index in [2.05, 4.69) is 25.0 Å². The van der Waals surface area contributed by atoms with E-state index in [9.17, 15) is 0 Å². The minimum absolute atomic E-state index is 0.0641. The minimum atomic E-state index is 0.0641. The van der Waals surface area contributed by atoms with Gasteiger partial charge in [0.1, 0.15) is 5.82 Å². The van der Waals surface area contributed by atoms with Crippen LogP contribution in [0.4, 0.5) is 11.8 Å². The van der Waals surface area contributed by atoms with Gasteiger partial charge < -0.3 is 15.8 Å². The molecular weight excluding hydrogens is 464 g/mol. The molecule has 0 amide bonds. The highest BCUT2D eigenvalue weighted by Gasteiger charge is 2.46. The first-order chi connectivity index (χ1) is 16.4. The first kappa shape index (κ1) is 23.1. The van der Waals surface area contributed by atoms with E-state index < -0.39 is 0 Å². The Morgan fingerprint density at radius 3 is 2.35 bits per heavy atom. The number of rotatable bonds is 7. The van der Waals surface area contributed by atoms with E-state index in [1.54, 1.807) is 0 Å². The van der Waals surface area contributed by atoms with Crippen LogP contribution in [0.1, 0.15) is 55.3 Å². The van der Waals surface area contributed by atoms with Crippen LogP contribution in [-0.2, 0) is 0 Å². The number of anilines is 2. The average molecular weight is 493 g/mol. The summed E-state index contributed by atoms with van der Waals surface area (Å²) >= 11 is 7.67. The zero-order chi connectivity index (χ0) is 23.6. The Bertz CT molecular complexity index is 1170. The van der Waals surface area contributed by atoms with E-state index >= 15 is 0 Å². The lowest BCUT2D eigenvalue weighted by Crippen LogP contribution is -2.57. The molecule has 8 heteroatoms. The van der Waals surface area contributed by atoms with Crippen molar-refractivity contribution in [3.63, 3.8) is 0 Å². The summed E-state index contributed by atoms with van der Waals surface area (Å²) in [6.07, 6.45) is 14.3. The van der Waals surface area contributed by atoms with Crippen LogP contribution >= 0.6 is 23.5 Å². The Balaban J connectivity index is 1.19. The van der Waals surface area contributed by atoms with Gasteiger partial charge in [-0.2, -0.15) is 0 Å². The average Bonchev–Trinajstić information content (AvgIpc) is 2.85. The summed E-state index contributed by atoms with van der Waals surface area (Å²) in [5.74, 6) is 1.49. The van der Waals surface area contributed by atoms with Crippen LogP contribution in [0.15, 0.2) is 53.7 Å². The zero-order valence-corrected chi connectivity index (χ0v) is 20.8. The maximum absolute atomic E-state index is 6.43. The fourth-order valence-corrected chi connectivity index (χ4v) is 5.65. The third kappa shape index (κ3) is 5.22. The van der Waals surface area contributed by atoms with Crippen molar-refractivity contribution in [2.75, 3.05) is 10.0 Å². The number of fused-ring (bicyclic) bond motifs is 3. The summed E-state index contributed by atoms with van der Waals surface area (Å²) in [5, 5.41) is 4.33. The number of aromatic nitrogens is 3. The van der Waals surface area contributed by atoms with Gasteiger partial charge in [-0.25, -0.2) is 15.0 Å². The predicted octanol–water partition coefficient (Wildman–Crippen LogP) is 6.34. The van der Waals surface area contributed by atoms with Crippen LogP contribution in [0, 0.1) is 6.92 Å². The Morgan fingerprint density at radius 2 is 1.68 bits per heavy atom. The monoisotopic (exact) mass is 492 g/mol. The number of hydrogen-bond acceptors (Lipinski definition) is 7. The van der Waals surface area contributed by atoms with Gasteiger partial charge in [0.25, 0.3) is 0 Å². The molecule has 3 saturated carbocycles. The van der Waals surface area contributed by atoms with E-state index in [0.717, 1.165) is 71.1 Å². The molecule has 0 saturated heterocycles. The Hall–Kier alpha value is -2.61. The molecule has 2 heterocycles. The van der Waals surface area contributed by atoms with Gasteiger partial charge in [0.2, 0.25) is 5.95 Å². The molecule has 0 spiro atoms. The Labute approximate surface area is 210 Å². The molecule has 2 bridgehead atoms. The van der Waals surface area contributed by atoms with Crippen molar-refractivity contribution < 1.29 is 0 Å². The van der Waals surface area contributed by atoms with E-state index in [4.69, 9.17) is 17.3 Å². The molecule has 6 nitrogen and oxygen atoms in total. The van der Waals surface area contributed by atoms with Crippen LogP contribution < -0.4 is 15.8 Å². The fraction of sp³-hybridized carbons (Fsp3) is 0.346. The summed E-state index contributed by atoms with van der Waals surface area (Å²) in [6.45, 7) is 2.00. The van der Waals surface area contributed by atoms with Gasteiger partial charge in [-0.15, -0.1) is 0 Å². The maximum Gasteiger partial charge on any atom is 0.223 e. The van der Waals surface area contributed by atoms with Crippen LogP contribution in [0.5, 0.6) is 0 Å². The summed E-state index contributed by atoms with van der Waals surface area (Å²) < 4.78 is 3.26. The van der Waals surface area contributed by atoms with Crippen molar-refractivity contribution in [2.45, 2.75) is 61.4 Å². The number of aryl methyl sites for hydroxylation is 1. The topological polar surface area (TPSA) is 88.8 Å². The first-order valence-electron chi connectivity index (χ1n) is 11.6. The molecule has 2 aromatic heterocycles. The third-order valence-electron chi connectivity index (χ3n) is 7.04. The largest absolute Gasteiger partial charge is 0.349 e. The lowest BCUT2D eigenvalue weighted by molar-refractivity contribution is 0.126. The summed E-state index contributed by atoms with van der Waals surface area (Å²) in [4.78, 5) is 14.8. The normalized spacial score (nSPS) is 23.9. The van der Waals surface area contributed by atoms with Crippen molar-refractivity contribution in [3.8, 4) is 0 Å². The Morgan fingerprint density at radius 1 is 0.971 bits per heavy atom. The molecule has 3 aliphatic rings. The molecule has 0 radical (unpaired) electrons. The second kappa shape index (κ2) is 9.56. The lowest BCUT2D eigenvalue weighted by Gasteiger charge is -2.52. The highest BCUT2D eigenvalue weighted by Crippen LogP contribution is 2.46. The van der Waals surface area contributed by atoms with E-state index in [-0.39, 0.29) is 11.1 Å². The number of nitrogens with one attached hydrogen (secondary N) is 2. The van der Waals surface area contributed by atoms with Gasteiger partial charge in [-0.3, -0.25) is 0 Å². The quantitative estimate of drug-likeness (QED) is 0.331. The van der Waals surface area contributed by atoms with E-state index in [1.165, 1.54) is 11.9 Å². The number of pyridine rings is 1. The zero-order valence-electron chi connectivity index (χ0n) is 19.2. The number of halogens is 1. The van der Waals surface area contributed by atoms with Crippen LogP contribution in [0.2, 0.25) is 5.02 Å². The fourth-order valence-electron chi connectivity index (χ4n) is 4.75. The van der Waals surface area contributed by atoms with Crippen molar-refractivity contribution in [1.82, 2.24) is 15.0 Å². The molecule has 176 valence electrons. The van der Waals surface area contributed by atoms with Gasteiger partial charge >= 0.3 is 0 Å². The standard InChI is InChI=1S/C26H29ClN6S/c1-18-20(8-9-23(31-18)33-34-22-5-3-2-4-21(22)27)7-6-19-16-29-24(30-17-19)32-26-13-10-25(28,11-14-26)12-15-26/h2-9,16-17H,10-15,28H2,1H3,(H,31,33)(H,29,30,32)/b7-6+. The number of benzene rings is 1. The minimum Gasteiger partial charge on any atom is -0.349 e. The van der Waals surface area contributed by atoms with Crippen molar-refractivity contribution >= 4 is 47.5 Å². The summed E-state index contributed by atoms with van der Waals surface area (Å²) in [6, 6.07) is 11.7. The van der Waals surface area contributed by atoms with E-state index in [1.807, 2.05) is 67.9 Å². The van der Waals surface area contributed by atoms with Crippen LogP contribution in [-0.4, -0.2) is 26.0 Å². The highest BCUT2D eigenvalue weighted by molar-refractivity contribution is 8.00. The molecule has 0 unspecified atom stereocenters. The SMILES string of the molecule is Cc1nc(NSc2ccccc2Cl)ccc1/C=C/c1cnc(NC23CCC(N)(CC2)CC3)nc1. The predicted molar refractivity (Wildman–Crippen MR) is 142 cm³/mol. The van der Waals surface area contributed by atoms with E-state index in [0.29, 0.717) is 5.95 Å². The number of hydrogen-bond donors (Lipinski definition) is 3. The lowest BCUT2D eigenvalue weighted by atomic mass is 9.62. The second-order valence-electron chi connectivity index (χ2n) is 9.45.